The number of anilines is 2. The maximum atomic E-state index is 12.0. The Balaban J connectivity index is 1.94. The predicted molar refractivity (Wildman–Crippen MR) is 88.1 cm³/mol. The minimum atomic E-state index is -1.09. The van der Waals surface area contributed by atoms with Crippen molar-refractivity contribution >= 4 is 23.6 Å². The molecule has 126 valence electrons. The van der Waals surface area contributed by atoms with Crippen LogP contribution in [0.5, 0.6) is 0 Å². The van der Waals surface area contributed by atoms with Gasteiger partial charge in [0.2, 0.25) is 0 Å². The normalized spacial score (nSPS) is 15.3. The SMILES string of the molecule is CC(C)(C)OC(=O)N1CCN(c2cccc(NC(=O)O)c2)CC1. The lowest BCUT2D eigenvalue weighted by molar-refractivity contribution is 0.0240. The van der Waals surface area contributed by atoms with Crippen molar-refractivity contribution in [3.05, 3.63) is 24.3 Å². The quantitative estimate of drug-likeness (QED) is 0.875. The average molecular weight is 321 g/mol. The van der Waals surface area contributed by atoms with Crippen LogP contribution in [0.15, 0.2) is 24.3 Å². The summed E-state index contributed by atoms with van der Waals surface area (Å²) in [6, 6.07) is 7.23. The van der Waals surface area contributed by atoms with E-state index in [9.17, 15) is 9.59 Å². The van der Waals surface area contributed by atoms with E-state index in [1.165, 1.54) is 0 Å². The number of carbonyl (C=O) groups is 2. The second kappa shape index (κ2) is 6.76. The molecule has 0 unspecified atom stereocenters. The van der Waals surface area contributed by atoms with Gasteiger partial charge < -0.3 is 19.6 Å². The molecular formula is C16H23N3O4. The Morgan fingerprint density at radius 2 is 1.83 bits per heavy atom. The maximum Gasteiger partial charge on any atom is 0.410 e. The van der Waals surface area contributed by atoms with Gasteiger partial charge in [0, 0.05) is 37.6 Å². The van der Waals surface area contributed by atoms with Crippen molar-refractivity contribution in [2.75, 3.05) is 36.4 Å². The van der Waals surface area contributed by atoms with Crippen LogP contribution in [-0.4, -0.2) is 54.0 Å². The monoisotopic (exact) mass is 321 g/mol. The summed E-state index contributed by atoms with van der Waals surface area (Å²) in [5.74, 6) is 0. The van der Waals surface area contributed by atoms with Gasteiger partial charge >= 0.3 is 12.2 Å². The second-order valence-electron chi connectivity index (χ2n) is 6.43. The number of piperazine rings is 1. The Morgan fingerprint density at radius 3 is 2.39 bits per heavy atom. The molecule has 2 N–H and O–H groups in total. The molecule has 1 heterocycles. The summed E-state index contributed by atoms with van der Waals surface area (Å²) in [6.45, 7) is 8.05. The van der Waals surface area contributed by atoms with Crippen LogP contribution in [0.3, 0.4) is 0 Å². The maximum absolute atomic E-state index is 12.0. The van der Waals surface area contributed by atoms with E-state index in [1.54, 1.807) is 23.1 Å². The van der Waals surface area contributed by atoms with Crippen molar-refractivity contribution < 1.29 is 19.4 Å². The Hall–Kier alpha value is -2.44. The lowest BCUT2D eigenvalue weighted by Crippen LogP contribution is -2.50. The molecule has 2 rings (SSSR count). The average Bonchev–Trinajstić information content (AvgIpc) is 2.45. The van der Waals surface area contributed by atoms with Crippen LogP contribution in [0.25, 0.3) is 0 Å². The number of carbonyl (C=O) groups excluding carboxylic acids is 1. The fraction of sp³-hybridized carbons (Fsp3) is 0.500. The highest BCUT2D eigenvalue weighted by atomic mass is 16.6. The van der Waals surface area contributed by atoms with E-state index in [-0.39, 0.29) is 6.09 Å². The van der Waals surface area contributed by atoms with Gasteiger partial charge in [-0.05, 0) is 39.0 Å². The summed E-state index contributed by atoms with van der Waals surface area (Å²) < 4.78 is 5.37. The zero-order valence-electron chi connectivity index (χ0n) is 13.7. The van der Waals surface area contributed by atoms with Gasteiger partial charge in [-0.2, -0.15) is 0 Å². The van der Waals surface area contributed by atoms with Crippen molar-refractivity contribution in [1.82, 2.24) is 4.90 Å². The van der Waals surface area contributed by atoms with Crippen molar-refractivity contribution in [3.8, 4) is 0 Å². The molecular weight excluding hydrogens is 298 g/mol. The van der Waals surface area contributed by atoms with Crippen LogP contribution in [0.1, 0.15) is 20.8 Å². The number of hydrogen-bond acceptors (Lipinski definition) is 4. The molecule has 1 fully saturated rings. The molecule has 0 atom stereocenters. The largest absolute Gasteiger partial charge is 0.465 e. The summed E-state index contributed by atoms with van der Waals surface area (Å²) in [6.07, 6.45) is -1.38. The lowest BCUT2D eigenvalue weighted by Gasteiger charge is -2.36. The molecule has 2 amide bonds. The topological polar surface area (TPSA) is 82.1 Å². The van der Waals surface area contributed by atoms with Crippen molar-refractivity contribution in [1.29, 1.82) is 0 Å². The minimum absolute atomic E-state index is 0.293. The number of carboxylic acid groups (broad SMARTS) is 1. The fourth-order valence-electron chi connectivity index (χ4n) is 2.38. The van der Waals surface area contributed by atoms with Crippen LogP contribution in [-0.2, 0) is 4.74 Å². The van der Waals surface area contributed by atoms with Gasteiger partial charge in [-0.25, -0.2) is 9.59 Å². The Bertz CT molecular complexity index is 575. The summed E-state index contributed by atoms with van der Waals surface area (Å²) in [5, 5.41) is 11.1. The molecule has 0 aliphatic carbocycles. The Labute approximate surface area is 135 Å². The highest BCUT2D eigenvalue weighted by molar-refractivity contribution is 5.83. The van der Waals surface area contributed by atoms with E-state index in [4.69, 9.17) is 9.84 Å². The van der Waals surface area contributed by atoms with Crippen LogP contribution in [0, 0.1) is 0 Å². The van der Waals surface area contributed by atoms with E-state index in [0.29, 0.717) is 31.9 Å². The van der Waals surface area contributed by atoms with Gasteiger partial charge in [0.1, 0.15) is 5.60 Å². The van der Waals surface area contributed by atoms with Gasteiger partial charge in [0.05, 0.1) is 0 Å². The Morgan fingerprint density at radius 1 is 1.17 bits per heavy atom. The first-order valence-electron chi connectivity index (χ1n) is 7.57. The summed E-state index contributed by atoms with van der Waals surface area (Å²) in [4.78, 5) is 26.6. The summed E-state index contributed by atoms with van der Waals surface area (Å²) in [7, 11) is 0. The molecule has 0 spiro atoms. The van der Waals surface area contributed by atoms with Crippen LogP contribution >= 0.6 is 0 Å². The number of nitrogens with one attached hydrogen (secondary N) is 1. The number of nitrogens with zero attached hydrogens (tertiary/aromatic N) is 2. The molecule has 1 aromatic carbocycles. The Kier molecular flexibility index (Phi) is 4.98. The number of amides is 2. The van der Waals surface area contributed by atoms with Gasteiger partial charge in [-0.3, -0.25) is 5.32 Å². The molecule has 7 heteroatoms. The third-order valence-corrected chi connectivity index (χ3v) is 3.39. The molecule has 1 aliphatic heterocycles. The smallest absolute Gasteiger partial charge is 0.410 e. The van der Waals surface area contributed by atoms with Crippen LogP contribution in [0.2, 0.25) is 0 Å². The van der Waals surface area contributed by atoms with Gasteiger partial charge in [-0.15, -0.1) is 0 Å². The highest BCUT2D eigenvalue weighted by Gasteiger charge is 2.25. The van der Waals surface area contributed by atoms with E-state index in [1.807, 2.05) is 26.8 Å². The molecule has 1 saturated heterocycles. The van der Waals surface area contributed by atoms with Crippen LogP contribution < -0.4 is 10.2 Å². The zero-order chi connectivity index (χ0) is 17.0. The van der Waals surface area contributed by atoms with Crippen LogP contribution in [0.4, 0.5) is 21.0 Å². The van der Waals surface area contributed by atoms with E-state index in [2.05, 4.69) is 10.2 Å². The summed E-state index contributed by atoms with van der Waals surface area (Å²) >= 11 is 0. The molecule has 0 aromatic heterocycles. The molecule has 23 heavy (non-hydrogen) atoms. The standard InChI is InChI=1S/C16H23N3O4/c1-16(2,3)23-15(22)19-9-7-18(8-10-19)13-6-4-5-12(11-13)17-14(20)21/h4-6,11,17H,7-10H2,1-3H3,(H,20,21). The third-order valence-electron chi connectivity index (χ3n) is 3.39. The van der Waals surface area contributed by atoms with Gasteiger partial charge in [0.15, 0.2) is 0 Å². The zero-order valence-corrected chi connectivity index (χ0v) is 13.7. The fourth-order valence-corrected chi connectivity index (χ4v) is 2.38. The van der Waals surface area contributed by atoms with E-state index < -0.39 is 11.7 Å². The number of ether oxygens (including phenoxy) is 1. The molecule has 0 saturated carbocycles. The lowest BCUT2D eigenvalue weighted by atomic mass is 10.2. The first kappa shape index (κ1) is 16.9. The molecule has 0 bridgehead atoms. The number of rotatable bonds is 2. The van der Waals surface area contributed by atoms with Crippen molar-refractivity contribution in [2.24, 2.45) is 0 Å². The van der Waals surface area contributed by atoms with Crippen molar-refractivity contribution in [2.45, 2.75) is 26.4 Å². The van der Waals surface area contributed by atoms with E-state index in [0.717, 1.165) is 5.69 Å². The summed E-state index contributed by atoms with van der Waals surface area (Å²) in [5.41, 5.74) is 0.968. The minimum Gasteiger partial charge on any atom is -0.465 e. The predicted octanol–water partition coefficient (Wildman–Crippen LogP) is 2.83. The first-order valence-corrected chi connectivity index (χ1v) is 7.57. The second-order valence-corrected chi connectivity index (χ2v) is 6.43. The first-order chi connectivity index (χ1) is 10.7. The molecule has 7 nitrogen and oxygen atoms in total. The highest BCUT2D eigenvalue weighted by Crippen LogP contribution is 2.21. The van der Waals surface area contributed by atoms with Crippen molar-refractivity contribution in [3.63, 3.8) is 0 Å². The third kappa shape index (κ3) is 5.05. The number of hydrogen-bond donors (Lipinski definition) is 2. The number of benzene rings is 1. The molecule has 1 aliphatic rings. The van der Waals surface area contributed by atoms with Gasteiger partial charge in [0.25, 0.3) is 0 Å². The molecule has 0 radical (unpaired) electrons. The van der Waals surface area contributed by atoms with Gasteiger partial charge in [-0.1, -0.05) is 6.07 Å². The molecule has 1 aromatic rings. The van der Waals surface area contributed by atoms with E-state index >= 15 is 0 Å².